The molecular formula is C7H11F3O3. The molecule has 1 atom stereocenters. The molecule has 78 valence electrons. The summed E-state index contributed by atoms with van der Waals surface area (Å²) in [5.41, 5.74) is 0. The topological polar surface area (TPSA) is 46.5 Å². The smallest absolute Gasteiger partial charge is 0.389 e. The molecule has 0 aromatic rings. The Morgan fingerprint density at radius 3 is 2.38 bits per heavy atom. The number of rotatable bonds is 5. The SMILES string of the molecule is COCC[C@H](CC(F)(F)F)C(=O)O. The van der Waals surface area contributed by atoms with Crippen LogP contribution in [0, 0.1) is 5.92 Å². The number of carboxylic acid groups (broad SMARTS) is 1. The largest absolute Gasteiger partial charge is 0.481 e. The highest BCUT2D eigenvalue weighted by Gasteiger charge is 2.34. The summed E-state index contributed by atoms with van der Waals surface area (Å²) in [6.45, 7) is 0.0209. The zero-order valence-corrected chi connectivity index (χ0v) is 7.10. The third-order valence-corrected chi connectivity index (χ3v) is 1.50. The molecule has 0 radical (unpaired) electrons. The number of halogens is 3. The number of ether oxygens (including phenoxy) is 1. The summed E-state index contributed by atoms with van der Waals surface area (Å²) in [6.07, 6.45) is -5.85. The van der Waals surface area contributed by atoms with Gasteiger partial charge < -0.3 is 9.84 Å². The van der Waals surface area contributed by atoms with Gasteiger partial charge in [-0.25, -0.2) is 0 Å². The number of hydrogen-bond acceptors (Lipinski definition) is 2. The molecule has 3 nitrogen and oxygen atoms in total. The van der Waals surface area contributed by atoms with Crippen LogP contribution >= 0.6 is 0 Å². The molecule has 0 saturated heterocycles. The van der Waals surface area contributed by atoms with Gasteiger partial charge in [0.2, 0.25) is 0 Å². The first-order valence-corrected chi connectivity index (χ1v) is 3.65. The van der Waals surface area contributed by atoms with E-state index in [4.69, 9.17) is 5.11 Å². The Morgan fingerprint density at radius 2 is 2.08 bits per heavy atom. The fourth-order valence-electron chi connectivity index (χ4n) is 0.852. The van der Waals surface area contributed by atoms with Gasteiger partial charge in [-0.2, -0.15) is 13.2 Å². The summed E-state index contributed by atoms with van der Waals surface area (Å²) in [5, 5.41) is 8.41. The maximum atomic E-state index is 11.8. The maximum absolute atomic E-state index is 11.8. The molecule has 0 rings (SSSR count). The van der Waals surface area contributed by atoms with Crippen molar-refractivity contribution in [3.8, 4) is 0 Å². The van der Waals surface area contributed by atoms with E-state index in [0.29, 0.717) is 0 Å². The minimum absolute atomic E-state index is 0.0209. The van der Waals surface area contributed by atoms with Gasteiger partial charge in [-0.1, -0.05) is 0 Å². The van der Waals surface area contributed by atoms with Crippen LogP contribution in [0.3, 0.4) is 0 Å². The van der Waals surface area contributed by atoms with Gasteiger partial charge in [-0.3, -0.25) is 4.79 Å². The van der Waals surface area contributed by atoms with E-state index in [1.807, 2.05) is 0 Å². The van der Waals surface area contributed by atoms with Crippen molar-refractivity contribution >= 4 is 5.97 Å². The molecule has 1 N–H and O–H groups in total. The van der Waals surface area contributed by atoms with Crippen molar-refractivity contribution in [3.63, 3.8) is 0 Å². The van der Waals surface area contributed by atoms with Gasteiger partial charge in [0.15, 0.2) is 0 Å². The lowest BCUT2D eigenvalue weighted by Crippen LogP contribution is -2.23. The van der Waals surface area contributed by atoms with Crippen LogP contribution in [0.25, 0.3) is 0 Å². The third-order valence-electron chi connectivity index (χ3n) is 1.50. The van der Waals surface area contributed by atoms with E-state index in [-0.39, 0.29) is 13.0 Å². The van der Waals surface area contributed by atoms with Crippen LogP contribution in [0.4, 0.5) is 13.2 Å². The molecule has 0 spiro atoms. The summed E-state index contributed by atoms with van der Waals surface area (Å²) in [6, 6.07) is 0. The molecule has 0 amide bonds. The predicted molar refractivity (Wildman–Crippen MR) is 38.3 cm³/mol. The highest BCUT2D eigenvalue weighted by atomic mass is 19.4. The maximum Gasteiger partial charge on any atom is 0.389 e. The standard InChI is InChI=1S/C7H11F3O3/c1-13-3-2-5(6(11)12)4-7(8,9)10/h5H,2-4H2,1H3,(H,11,12)/t5-/m1/s1. The van der Waals surface area contributed by atoms with Gasteiger partial charge in [0, 0.05) is 13.7 Å². The monoisotopic (exact) mass is 200 g/mol. The van der Waals surface area contributed by atoms with Crippen LogP contribution in [-0.2, 0) is 9.53 Å². The second-order valence-electron chi connectivity index (χ2n) is 2.64. The minimum atomic E-state index is -4.43. The number of alkyl halides is 3. The normalized spacial score (nSPS) is 14.2. The van der Waals surface area contributed by atoms with Crippen LogP contribution < -0.4 is 0 Å². The molecule has 6 heteroatoms. The van der Waals surface area contributed by atoms with Crippen molar-refractivity contribution in [1.29, 1.82) is 0 Å². The zero-order valence-electron chi connectivity index (χ0n) is 7.10. The molecule has 13 heavy (non-hydrogen) atoms. The molecule has 0 bridgehead atoms. The molecule has 0 fully saturated rings. The highest BCUT2D eigenvalue weighted by Crippen LogP contribution is 2.26. The van der Waals surface area contributed by atoms with Crippen molar-refractivity contribution < 1.29 is 27.8 Å². The second kappa shape index (κ2) is 5.06. The van der Waals surface area contributed by atoms with E-state index in [9.17, 15) is 18.0 Å². The van der Waals surface area contributed by atoms with Crippen molar-refractivity contribution in [2.75, 3.05) is 13.7 Å². The van der Waals surface area contributed by atoms with Crippen molar-refractivity contribution in [1.82, 2.24) is 0 Å². The zero-order chi connectivity index (χ0) is 10.5. The van der Waals surface area contributed by atoms with E-state index in [0.717, 1.165) is 0 Å². The number of carbonyl (C=O) groups is 1. The molecule has 0 aromatic heterocycles. The summed E-state index contributed by atoms with van der Waals surface area (Å²) in [7, 11) is 1.31. The minimum Gasteiger partial charge on any atom is -0.481 e. The van der Waals surface area contributed by atoms with Crippen molar-refractivity contribution in [2.45, 2.75) is 19.0 Å². The van der Waals surface area contributed by atoms with Crippen molar-refractivity contribution in [3.05, 3.63) is 0 Å². The average molecular weight is 200 g/mol. The Morgan fingerprint density at radius 1 is 1.54 bits per heavy atom. The molecule has 0 aliphatic heterocycles. The summed E-state index contributed by atoms with van der Waals surface area (Å²) >= 11 is 0. The Labute approximate surface area is 73.5 Å². The number of methoxy groups -OCH3 is 1. The summed E-state index contributed by atoms with van der Waals surface area (Å²) < 4.78 is 39.9. The van der Waals surface area contributed by atoms with Gasteiger partial charge in [0.1, 0.15) is 0 Å². The lowest BCUT2D eigenvalue weighted by molar-refractivity contribution is -0.164. The molecule has 0 heterocycles. The highest BCUT2D eigenvalue weighted by molar-refractivity contribution is 5.69. The summed E-state index contributed by atoms with van der Waals surface area (Å²) in [4.78, 5) is 10.3. The van der Waals surface area contributed by atoms with E-state index in [2.05, 4.69) is 4.74 Å². The second-order valence-corrected chi connectivity index (χ2v) is 2.64. The van der Waals surface area contributed by atoms with E-state index >= 15 is 0 Å². The molecule has 0 unspecified atom stereocenters. The van der Waals surface area contributed by atoms with Gasteiger partial charge in [0.05, 0.1) is 12.3 Å². The first kappa shape index (κ1) is 12.2. The van der Waals surface area contributed by atoms with E-state index < -0.39 is 24.5 Å². The molecule has 0 aliphatic rings. The Kier molecular flexibility index (Phi) is 4.76. The Balaban J connectivity index is 4.03. The number of hydrogen-bond donors (Lipinski definition) is 1. The van der Waals surface area contributed by atoms with Crippen LogP contribution in [-0.4, -0.2) is 31.0 Å². The average Bonchev–Trinajstić information content (AvgIpc) is 1.95. The van der Waals surface area contributed by atoms with E-state index in [1.165, 1.54) is 7.11 Å². The van der Waals surface area contributed by atoms with Crippen LogP contribution in [0.2, 0.25) is 0 Å². The molecule has 0 aromatic carbocycles. The Hall–Kier alpha value is -0.780. The first-order valence-electron chi connectivity index (χ1n) is 3.65. The van der Waals surface area contributed by atoms with Crippen molar-refractivity contribution in [2.24, 2.45) is 5.92 Å². The van der Waals surface area contributed by atoms with Gasteiger partial charge in [-0.15, -0.1) is 0 Å². The summed E-state index contributed by atoms with van der Waals surface area (Å²) in [5.74, 6) is -2.84. The van der Waals surface area contributed by atoms with Crippen LogP contribution in [0.5, 0.6) is 0 Å². The third kappa shape index (κ3) is 6.39. The molecule has 0 saturated carbocycles. The lowest BCUT2D eigenvalue weighted by atomic mass is 10.0. The van der Waals surface area contributed by atoms with Crippen LogP contribution in [0.1, 0.15) is 12.8 Å². The quantitative estimate of drug-likeness (QED) is 0.734. The fraction of sp³-hybridized carbons (Fsp3) is 0.857. The number of carboxylic acids is 1. The van der Waals surface area contributed by atoms with Crippen LogP contribution in [0.15, 0.2) is 0 Å². The van der Waals surface area contributed by atoms with E-state index in [1.54, 1.807) is 0 Å². The predicted octanol–water partition coefficient (Wildman–Crippen LogP) is 1.68. The Bertz CT molecular complexity index is 167. The van der Waals surface area contributed by atoms with Gasteiger partial charge >= 0.3 is 12.1 Å². The number of aliphatic carboxylic acids is 1. The van der Waals surface area contributed by atoms with Gasteiger partial charge in [-0.05, 0) is 6.42 Å². The van der Waals surface area contributed by atoms with Gasteiger partial charge in [0.25, 0.3) is 0 Å². The molecular weight excluding hydrogens is 189 g/mol. The molecule has 0 aliphatic carbocycles. The fourth-order valence-corrected chi connectivity index (χ4v) is 0.852. The first-order chi connectivity index (χ1) is 5.87. The lowest BCUT2D eigenvalue weighted by Gasteiger charge is -2.13.